The molecule has 0 aromatic heterocycles. The fraction of sp³-hybridized carbons (Fsp3) is 0.621. The zero-order chi connectivity index (χ0) is 26.3. The second-order valence-electron chi connectivity index (χ2n) is 9.20. The topological polar surface area (TPSA) is 83.5 Å². The molecule has 8 heteroatoms. The fourth-order valence-electron chi connectivity index (χ4n) is 3.89. The van der Waals surface area contributed by atoms with Gasteiger partial charge in [-0.15, -0.1) is 0 Å². The molecule has 2 aromatic carbocycles. The molecule has 208 valence electrons. The Labute approximate surface area is 236 Å². The molecule has 37 heavy (non-hydrogen) atoms. The van der Waals surface area contributed by atoms with Gasteiger partial charge in [0, 0.05) is 27.7 Å². The van der Waals surface area contributed by atoms with Crippen LogP contribution in [0, 0.1) is 6.92 Å². The van der Waals surface area contributed by atoms with E-state index >= 15 is 0 Å². The molecule has 2 aliphatic rings. The van der Waals surface area contributed by atoms with Crippen molar-refractivity contribution in [2.45, 2.75) is 91.1 Å². The third kappa shape index (κ3) is 11.4. The van der Waals surface area contributed by atoms with E-state index in [2.05, 4.69) is 26.8 Å². The number of hydrogen-bond acceptors (Lipinski definition) is 7. The van der Waals surface area contributed by atoms with Gasteiger partial charge in [-0.05, 0) is 42.7 Å². The maximum atomic E-state index is 11.3. The van der Waals surface area contributed by atoms with Gasteiger partial charge in [-0.25, -0.2) is 4.79 Å². The van der Waals surface area contributed by atoms with Crippen LogP contribution in [-0.4, -0.2) is 62.1 Å². The van der Waals surface area contributed by atoms with Gasteiger partial charge < -0.3 is 28.8 Å². The molecule has 0 unspecified atom stereocenters. The Kier molecular flexibility index (Phi) is 16.9. The van der Waals surface area contributed by atoms with Crippen molar-refractivity contribution in [1.29, 1.82) is 0 Å². The molecule has 4 rings (SSSR count). The number of hydrogen-bond donors (Lipinski definition) is 1. The van der Waals surface area contributed by atoms with Crippen LogP contribution in [0.5, 0.6) is 5.75 Å². The van der Waals surface area contributed by atoms with Gasteiger partial charge in [0.15, 0.2) is 0 Å². The number of fused-ring (bicyclic) bond motifs is 2. The first-order valence-electron chi connectivity index (χ1n) is 13.3. The number of carbonyl (C=O) groups excluding carboxylic acids is 1. The molecule has 2 aromatic rings. The van der Waals surface area contributed by atoms with E-state index in [1.54, 1.807) is 6.07 Å². The van der Waals surface area contributed by atoms with Gasteiger partial charge in [-0.2, -0.15) is 0 Å². The zero-order valence-corrected chi connectivity index (χ0v) is 25.9. The summed E-state index contributed by atoms with van der Waals surface area (Å²) in [5, 5.41) is 11.7. The van der Waals surface area contributed by atoms with Crippen LogP contribution in [0.15, 0.2) is 36.4 Å². The van der Waals surface area contributed by atoms with Gasteiger partial charge in [0.05, 0.1) is 19.8 Å². The molecule has 7 nitrogen and oxygen atoms in total. The van der Waals surface area contributed by atoms with Crippen molar-refractivity contribution in [2.24, 2.45) is 0 Å². The molecule has 0 amide bonds. The molecule has 2 saturated heterocycles. The summed E-state index contributed by atoms with van der Waals surface area (Å²) < 4.78 is 26.6. The van der Waals surface area contributed by atoms with Gasteiger partial charge in [-0.3, -0.25) is 0 Å². The third-order valence-corrected chi connectivity index (χ3v) is 5.65. The van der Waals surface area contributed by atoms with Crippen LogP contribution in [-0.2, 0) is 40.0 Å². The molecule has 0 radical (unpaired) electrons. The predicted molar refractivity (Wildman–Crippen MR) is 142 cm³/mol. The van der Waals surface area contributed by atoms with Crippen LogP contribution < -0.4 is 4.74 Å². The van der Waals surface area contributed by atoms with Crippen LogP contribution in [0.3, 0.4) is 0 Å². The Morgan fingerprint density at radius 2 is 1.59 bits per heavy atom. The largest absolute Gasteiger partial charge is 0.513 e. The molecule has 0 spiro atoms. The molecule has 2 fully saturated rings. The number of unbranched alkanes of at least 4 members (excludes halogenated alkanes) is 2. The van der Waals surface area contributed by atoms with Crippen molar-refractivity contribution >= 4 is 16.9 Å². The van der Waals surface area contributed by atoms with Gasteiger partial charge in [-0.1, -0.05) is 76.8 Å². The predicted octanol–water partition coefficient (Wildman–Crippen LogP) is 6.21. The summed E-state index contributed by atoms with van der Waals surface area (Å²) in [7, 11) is 0. The van der Waals surface area contributed by atoms with E-state index in [9.17, 15) is 9.90 Å². The minimum atomic E-state index is -0.650. The Hall–Kier alpha value is -1.50. The average molecular weight is 689 g/mol. The SMILES string of the molecule is CCC.CCCCCO[C@@H]1CO[C@H]2[C@@H]1OC[C@H]2O.CCCOC(=O)Oc1ccc2cc(C)ccc2c1.[W]. The first kappa shape index (κ1) is 33.5. The molecule has 0 aliphatic carbocycles. The van der Waals surface area contributed by atoms with Crippen LogP contribution in [0.25, 0.3) is 10.8 Å². The van der Waals surface area contributed by atoms with Gasteiger partial charge in [0.2, 0.25) is 0 Å². The average Bonchev–Trinajstić information content (AvgIpc) is 3.44. The zero-order valence-electron chi connectivity index (χ0n) is 22.9. The van der Waals surface area contributed by atoms with Gasteiger partial charge >= 0.3 is 6.16 Å². The summed E-state index contributed by atoms with van der Waals surface area (Å²) in [6, 6.07) is 11.7. The first-order valence-corrected chi connectivity index (χ1v) is 13.3. The first-order chi connectivity index (χ1) is 17.4. The number of aryl methyl sites for hydroxylation is 1. The summed E-state index contributed by atoms with van der Waals surface area (Å²) in [6.07, 6.45) is 4.20. The maximum Gasteiger partial charge on any atom is 0.513 e. The third-order valence-electron chi connectivity index (χ3n) is 5.65. The van der Waals surface area contributed by atoms with Crippen molar-refractivity contribution in [2.75, 3.05) is 26.4 Å². The summed E-state index contributed by atoms with van der Waals surface area (Å²) in [4.78, 5) is 11.3. The van der Waals surface area contributed by atoms with Crippen molar-refractivity contribution in [3.8, 4) is 5.75 Å². The maximum absolute atomic E-state index is 11.3. The molecule has 4 atom stereocenters. The van der Waals surface area contributed by atoms with Crippen molar-refractivity contribution in [3.63, 3.8) is 0 Å². The molecule has 2 aliphatic heterocycles. The van der Waals surface area contributed by atoms with Crippen molar-refractivity contribution in [1.82, 2.24) is 0 Å². The molecule has 0 saturated carbocycles. The smallest absolute Gasteiger partial charge is 0.434 e. The Morgan fingerprint density at radius 3 is 2.30 bits per heavy atom. The van der Waals surface area contributed by atoms with E-state index in [-0.39, 0.29) is 39.4 Å². The van der Waals surface area contributed by atoms with Crippen LogP contribution >= 0.6 is 0 Å². The molecular weight excluding hydrogens is 644 g/mol. The Balaban J connectivity index is 0.000000330. The second-order valence-corrected chi connectivity index (χ2v) is 9.20. The molecule has 2 heterocycles. The summed E-state index contributed by atoms with van der Waals surface area (Å²) in [5.74, 6) is 0.507. The quantitative estimate of drug-likeness (QED) is 0.201. The molecular formula is C29H44O7W. The second kappa shape index (κ2) is 18.7. The number of aliphatic hydroxyl groups excluding tert-OH is 1. The fourth-order valence-corrected chi connectivity index (χ4v) is 3.89. The van der Waals surface area contributed by atoms with E-state index in [4.69, 9.17) is 23.7 Å². The standard InChI is InChI=1S/C15H16O3.C11H20O4.C3H8.W/c1-3-8-17-15(16)18-14-7-6-12-9-11(2)4-5-13(12)10-14;1-2-3-4-5-13-9-7-15-10-8(12)6-14-11(9)10;1-3-2;/h4-7,9-10H,3,8H2,1-2H3;8-12H,2-7H2,1H3;3H2,1-2H3;/t;8-,9-,10-,11-;;/m.1../s1. The number of carbonyl (C=O) groups is 1. The minimum absolute atomic E-state index is 0. The summed E-state index contributed by atoms with van der Waals surface area (Å²) in [5.41, 5.74) is 1.21. The molecule has 1 N–H and O–H groups in total. The number of aliphatic hydroxyl groups is 1. The number of benzene rings is 2. The van der Waals surface area contributed by atoms with E-state index in [0.29, 0.717) is 25.6 Å². The van der Waals surface area contributed by atoms with Crippen LogP contribution in [0.2, 0.25) is 0 Å². The van der Waals surface area contributed by atoms with Crippen LogP contribution in [0.1, 0.15) is 65.4 Å². The number of ether oxygens (including phenoxy) is 5. The van der Waals surface area contributed by atoms with E-state index < -0.39 is 12.3 Å². The van der Waals surface area contributed by atoms with Crippen LogP contribution in [0.4, 0.5) is 4.79 Å². The van der Waals surface area contributed by atoms with E-state index in [1.165, 1.54) is 24.8 Å². The number of rotatable bonds is 8. The normalized spacial score (nSPS) is 21.6. The summed E-state index contributed by atoms with van der Waals surface area (Å²) in [6.45, 7) is 12.5. The van der Waals surface area contributed by atoms with Crippen molar-refractivity contribution in [3.05, 3.63) is 42.0 Å². The van der Waals surface area contributed by atoms with Gasteiger partial charge in [0.1, 0.15) is 30.2 Å². The van der Waals surface area contributed by atoms with Gasteiger partial charge in [0.25, 0.3) is 0 Å². The van der Waals surface area contributed by atoms with E-state index in [1.807, 2.05) is 38.1 Å². The molecule has 0 bridgehead atoms. The van der Waals surface area contributed by atoms with E-state index in [0.717, 1.165) is 30.2 Å². The summed E-state index contributed by atoms with van der Waals surface area (Å²) >= 11 is 0. The minimum Gasteiger partial charge on any atom is -0.434 e. The van der Waals surface area contributed by atoms with Crippen molar-refractivity contribution < 1.29 is 54.7 Å². The monoisotopic (exact) mass is 688 g/mol. The Morgan fingerprint density at radius 1 is 0.919 bits per heavy atom. The Bertz CT molecular complexity index is 907.